The van der Waals surface area contributed by atoms with Gasteiger partial charge in [0.2, 0.25) is 0 Å². The van der Waals surface area contributed by atoms with Crippen molar-refractivity contribution in [3.05, 3.63) is 53.1 Å². The van der Waals surface area contributed by atoms with Crippen LogP contribution in [0.5, 0.6) is 11.5 Å². The number of rotatable bonds is 7. The minimum atomic E-state index is -0.270. The molecule has 0 fully saturated rings. The lowest BCUT2D eigenvalue weighted by molar-refractivity contribution is 0.254. The normalized spacial score (nSPS) is 10.2. The van der Waals surface area contributed by atoms with Gasteiger partial charge in [-0.25, -0.2) is 4.79 Å². The summed E-state index contributed by atoms with van der Waals surface area (Å²) < 4.78 is 11.5. The maximum atomic E-state index is 11.6. The number of urea groups is 1. The summed E-state index contributed by atoms with van der Waals surface area (Å²) in [5.41, 5.74) is 3.94. The molecule has 0 unspecified atom stereocenters. The van der Waals surface area contributed by atoms with Crippen molar-refractivity contribution in [2.45, 2.75) is 33.8 Å². The molecule has 0 saturated heterocycles. The van der Waals surface area contributed by atoms with Gasteiger partial charge in [-0.15, -0.1) is 0 Å². The summed E-state index contributed by atoms with van der Waals surface area (Å²) in [6, 6.07) is 11.5. The third kappa shape index (κ3) is 5.14. The molecule has 2 aromatic carbocycles. The molecule has 0 spiro atoms. The zero-order chi connectivity index (χ0) is 18.2. The number of hydrogen-bond donors (Lipinski definition) is 2. The highest BCUT2D eigenvalue weighted by Crippen LogP contribution is 2.26. The van der Waals surface area contributed by atoms with Gasteiger partial charge in [-0.05, 0) is 55.7 Å². The second-order valence-electron chi connectivity index (χ2n) is 5.70. The summed E-state index contributed by atoms with van der Waals surface area (Å²) in [5, 5.41) is 5.37. The molecule has 5 nitrogen and oxygen atoms in total. The van der Waals surface area contributed by atoms with Crippen LogP contribution in [-0.2, 0) is 13.0 Å². The smallest absolute Gasteiger partial charge is 0.318 e. The van der Waals surface area contributed by atoms with E-state index in [4.69, 9.17) is 9.47 Å². The van der Waals surface area contributed by atoms with Crippen molar-refractivity contribution in [3.8, 4) is 11.5 Å². The van der Waals surface area contributed by atoms with Crippen LogP contribution in [-0.4, -0.2) is 19.7 Å². The molecule has 0 aliphatic rings. The summed E-state index contributed by atoms with van der Waals surface area (Å²) in [7, 11) is 1.58. The summed E-state index contributed by atoms with van der Waals surface area (Å²) >= 11 is 0. The van der Waals surface area contributed by atoms with E-state index in [2.05, 4.69) is 29.7 Å². The SMILES string of the molecule is CCOc1ccc(NC(=O)NC)c(COc2ccc(CC)cc2C)c1. The van der Waals surface area contributed by atoms with Crippen LogP contribution in [0.25, 0.3) is 0 Å². The van der Waals surface area contributed by atoms with E-state index in [1.807, 2.05) is 38.1 Å². The zero-order valence-electron chi connectivity index (χ0n) is 15.3. The summed E-state index contributed by atoms with van der Waals surface area (Å²) in [5.74, 6) is 1.59. The molecule has 0 aliphatic heterocycles. The predicted molar refractivity (Wildman–Crippen MR) is 101 cm³/mol. The Morgan fingerprint density at radius 1 is 1.08 bits per heavy atom. The van der Waals surface area contributed by atoms with Crippen LogP contribution in [0.15, 0.2) is 36.4 Å². The fourth-order valence-electron chi connectivity index (χ4n) is 2.50. The standard InChI is InChI=1S/C20H26N2O3/c1-5-15-7-10-19(14(3)11-15)25-13-16-12-17(24-6-2)8-9-18(16)22-20(23)21-4/h7-12H,5-6,13H2,1-4H3,(H2,21,22,23). The third-order valence-electron chi connectivity index (χ3n) is 3.89. The summed E-state index contributed by atoms with van der Waals surface area (Å²) in [6.45, 7) is 7.03. The van der Waals surface area contributed by atoms with Crippen molar-refractivity contribution in [3.63, 3.8) is 0 Å². The molecule has 0 saturated carbocycles. The van der Waals surface area contributed by atoms with Gasteiger partial charge in [0, 0.05) is 18.3 Å². The van der Waals surface area contributed by atoms with Crippen molar-refractivity contribution in [2.75, 3.05) is 19.0 Å². The highest BCUT2D eigenvalue weighted by Gasteiger charge is 2.10. The van der Waals surface area contributed by atoms with Crippen molar-refractivity contribution >= 4 is 11.7 Å². The molecule has 0 atom stereocenters. The second kappa shape index (κ2) is 8.97. The molecule has 5 heteroatoms. The molecular formula is C20H26N2O3. The van der Waals surface area contributed by atoms with Crippen molar-refractivity contribution < 1.29 is 14.3 Å². The Balaban J connectivity index is 2.20. The van der Waals surface area contributed by atoms with Crippen LogP contribution in [0.2, 0.25) is 0 Å². The Hall–Kier alpha value is -2.69. The number of carbonyl (C=O) groups is 1. The highest BCUT2D eigenvalue weighted by atomic mass is 16.5. The topological polar surface area (TPSA) is 59.6 Å². The fraction of sp³-hybridized carbons (Fsp3) is 0.350. The number of amides is 2. The van der Waals surface area contributed by atoms with Crippen LogP contribution >= 0.6 is 0 Å². The van der Waals surface area contributed by atoms with Crippen LogP contribution in [0.3, 0.4) is 0 Å². The van der Waals surface area contributed by atoms with Gasteiger partial charge in [0.25, 0.3) is 0 Å². The van der Waals surface area contributed by atoms with Gasteiger partial charge >= 0.3 is 6.03 Å². The lowest BCUT2D eigenvalue weighted by Crippen LogP contribution is -2.25. The van der Waals surface area contributed by atoms with Gasteiger partial charge in [0.15, 0.2) is 0 Å². The Morgan fingerprint density at radius 2 is 1.88 bits per heavy atom. The van der Waals surface area contributed by atoms with E-state index < -0.39 is 0 Å². The van der Waals surface area contributed by atoms with Gasteiger partial charge in [-0.1, -0.05) is 19.1 Å². The third-order valence-corrected chi connectivity index (χ3v) is 3.89. The minimum Gasteiger partial charge on any atom is -0.494 e. The van der Waals surface area contributed by atoms with Crippen LogP contribution < -0.4 is 20.1 Å². The maximum Gasteiger partial charge on any atom is 0.318 e. The van der Waals surface area contributed by atoms with Gasteiger partial charge in [-0.2, -0.15) is 0 Å². The molecule has 2 rings (SSSR count). The average Bonchev–Trinajstić information content (AvgIpc) is 2.62. The van der Waals surface area contributed by atoms with E-state index in [-0.39, 0.29) is 6.03 Å². The van der Waals surface area contributed by atoms with E-state index in [0.29, 0.717) is 18.9 Å². The number of nitrogens with one attached hydrogen (secondary N) is 2. The number of aryl methyl sites for hydroxylation is 2. The Morgan fingerprint density at radius 3 is 2.52 bits per heavy atom. The molecular weight excluding hydrogens is 316 g/mol. The lowest BCUT2D eigenvalue weighted by Gasteiger charge is -2.15. The lowest BCUT2D eigenvalue weighted by atomic mass is 10.1. The van der Waals surface area contributed by atoms with Crippen molar-refractivity contribution in [1.29, 1.82) is 0 Å². The van der Waals surface area contributed by atoms with Gasteiger partial charge in [-0.3, -0.25) is 0 Å². The first kappa shape index (κ1) is 18.6. The summed E-state index contributed by atoms with van der Waals surface area (Å²) in [6.07, 6.45) is 0.998. The molecule has 0 bridgehead atoms. The quantitative estimate of drug-likeness (QED) is 0.789. The predicted octanol–water partition coefficient (Wildman–Crippen LogP) is 4.29. The maximum absolute atomic E-state index is 11.6. The molecule has 0 heterocycles. The fourth-order valence-corrected chi connectivity index (χ4v) is 2.50. The zero-order valence-corrected chi connectivity index (χ0v) is 15.3. The van der Waals surface area contributed by atoms with E-state index in [1.165, 1.54) is 5.56 Å². The highest BCUT2D eigenvalue weighted by molar-refractivity contribution is 5.90. The molecule has 2 aromatic rings. The molecule has 0 aliphatic carbocycles. The van der Waals surface area contributed by atoms with Gasteiger partial charge in [0.05, 0.1) is 6.61 Å². The monoisotopic (exact) mass is 342 g/mol. The van der Waals surface area contributed by atoms with Crippen LogP contribution in [0.4, 0.5) is 10.5 Å². The van der Waals surface area contributed by atoms with E-state index >= 15 is 0 Å². The number of carbonyl (C=O) groups excluding carboxylic acids is 1. The molecule has 134 valence electrons. The number of anilines is 1. The van der Waals surface area contributed by atoms with Crippen molar-refractivity contribution in [1.82, 2.24) is 5.32 Å². The molecule has 25 heavy (non-hydrogen) atoms. The van der Waals surface area contributed by atoms with Crippen LogP contribution in [0, 0.1) is 6.92 Å². The number of hydrogen-bond acceptors (Lipinski definition) is 3. The summed E-state index contributed by atoms with van der Waals surface area (Å²) in [4.78, 5) is 11.6. The van der Waals surface area contributed by atoms with E-state index in [0.717, 1.165) is 29.0 Å². The van der Waals surface area contributed by atoms with Crippen molar-refractivity contribution in [2.24, 2.45) is 0 Å². The molecule has 2 amide bonds. The Bertz CT molecular complexity index is 729. The van der Waals surface area contributed by atoms with Crippen LogP contribution in [0.1, 0.15) is 30.5 Å². The van der Waals surface area contributed by atoms with Gasteiger partial charge in [0.1, 0.15) is 18.1 Å². The van der Waals surface area contributed by atoms with E-state index in [9.17, 15) is 4.79 Å². The number of ether oxygens (including phenoxy) is 2. The molecule has 0 radical (unpaired) electrons. The first-order valence-electron chi connectivity index (χ1n) is 8.54. The van der Waals surface area contributed by atoms with Gasteiger partial charge < -0.3 is 20.1 Å². The Labute approximate surface area is 149 Å². The number of benzene rings is 2. The first-order chi connectivity index (χ1) is 12.1. The average molecular weight is 342 g/mol. The minimum absolute atomic E-state index is 0.270. The largest absolute Gasteiger partial charge is 0.494 e. The molecule has 0 aromatic heterocycles. The van der Waals surface area contributed by atoms with E-state index in [1.54, 1.807) is 7.05 Å². The molecule has 2 N–H and O–H groups in total. The first-order valence-corrected chi connectivity index (χ1v) is 8.54. The second-order valence-corrected chi connectivity index (χ2v) is 5.70. The Kier molecular flexibility index (Phi) is 6.69.